The monoisotopic (exact) mass is 550 g/mol. The number of hydrogen-bond acceptors (Lipinski definition) is 11. The summed E-state index contributed by atoms with van der Waals surface area (Å²) in [7, 11) is -9.17. The van der Waals surface area contributed by atoms with Gasteiger partial charge in [-0.05, 0) is 25.7 Å². The van der Waals surface area contributed by atoms with Crippen molar-refractivity contribution in [3.05, 3.63) is 0 Å². The second-order valence-corrected chi connectivity index (χ2v) is 13.3. The predicted molar refractivity (Wildman–Crippen MR) is 131 cm³/mol. The summed E-state index contributed by atoms with van der Waals surface area (Å²) in [5.41, 5.74) is 0. The van der Waals surface area contributed by atoms with Crippen LogP contribution in [-0.4, -0.2) is 123 Å². The molecule has 4 saturated heterocycles. The van der Waals surface area contributed by atoms with Crippen molar-refractivity contribution in [3.8, 4) is 0 Å². The maximum atomic E-state index is 14.6. The molecule has 16 heteroatoms. The average molecular weight is 551 g/mol. The molecule has 0 aliphatic carbocycles. The van der Waals surface area contributed by atoms with E-state index in [1.807, 2.05) is 4.72 Å². The Kier molecular flexibility index (Phi) is 8.26. The van der Waals surface area contributed by atoms with Gasteiger partial charge in [0.05, 0.1) is 6.54 Å². The number of rotatable bonds is 6. The molecule has 4 N–H and O–H groups in total. The fraction of sp³-hybridized carbons (Fsp3) is 0.900. The number of carbonyl (C=O) groups is 2. The van der Waals surface area contributed by atoms with E-state index in [-0.39, 0.29) is 19.6 Å². The molecule has 0 bridgehead atoms. The lowest BCUT2D eigenvalue weighted by Crippen LogP contribution is -2.85. The highest BCUT2D eigenvalue weighted by atomic mass is 32.2. The van der Waals surface area contributed by atoms with E-state index in [9.17, 15) is 26.4 Å². The van der Waals surface area contributed by atoms with E-state index in [1.165, 1.54) is 14.9 Å². The third kappa shape index (κ3) is 5.01. The van der Waals surface area contributed by atoms with Gasteiger partial charge in [0.2, 0.25) is 15.9 Å². The number of piperidine rings is 2. The first-order chi connectivity index (χ1) is 17.0. The predicted octanol–water partition coefficient (Wildman–Crippen LogP) is -2.43. The van der Waals surface area contributed by atoms with Crippen LogP contribution >= 0.6 is 0 Å². The number of nitrogens with one attached hydrogen (secondary N) is 2. The molecule has 14 nitrogen and oxygen atoms in total. The van der Waals surface area contributed by atoms with E-state index < -0.39 is 42.2 Å². The molecular weight excluding hydrogens is 512 g/mol. The van der Waals surface area contributed by atoms with Gasteiger partial charge in [0.1, 0.15) is 0 Å². The molecule has 2 unspecified atom stereocenters. The van der Waals surface area contributed by atoms with Gasteiger partial charge in [-0.3, -0.25) is 24.2 Å². The molecule has 0 saturated carbocycles. The van der Waals surface area contributed by atoms with Gasteiger partial charge in [-0.25, -0.2) is 32.0 Å². The normalized spacial score (nSPS) is 30.9. The Balaban J connectivity index is 1.98. The van der Waals surface area contributed by atoms with Gasteiger partial charge < -0.3 is 5.32 Å². The fourth-order valence-electron chi connectivity index (χ4n) is 5.76. The highest BCUT2D eigenvalue weighted by molar-refractivity contribution is 7.92. The maximum absolute atomic E-state index is 14.6. The number of hydrogen-bond donors (Lipinski definition) is 3. The zero-order valence-electron chi connectivity index (χ0n) is 20.8. The van der Waals surface area contributed by atoms with E-state index >= 15 is 0 Å². The number of nitrogens with zero attached hydrogens (tertiary/aromatic N) is 5. The van der Waals surface area contributed by atoms with Crippen LogP contribution in [0.4, 0.5) is 0 Å². The zero-order valence-corrected chi connectivity index (χ0v) is 22.4. The largest absolute Gasteiger partial charge is 0.314 e. The highest BCUT2D eigenvalue weighted by Gasteiger charge is 2.69. The lowest BCUT2D eigenvalue weighted by molar-refractivity contribution is -0.219. The molecule has 0 spiro atoms. The van der Waals surface area contributed by atoms with Crippen LogP contribution in [0.5, 0.6) is 0 Å². The highest BCUT2D eigenvalue weighted by Crippen LogP contribution is 2.40. The lowest BCUT2D eigenvalue weighted by atomic mass is 10.1. The van der Waals surface area contributed by atoms with Crippen molar-refractivity contribution in [3.63, 3.8) is 0 Å². The molecule has 2 amide bonds. The molecule has 4 rings (SSSR count). The van der Waals surface area contributed by atoms with Gasteiger partial charge in [0, 0.05) is 59.3 Å². The lowest BCUT2D eigenvalue weighted by Gasteiger charge is -2.59. The maximum Gasteiger partial charge on any atom is 0.293 e. The Bertz CT molecular complexity index is 1040. The summed E-state index contributed by atoms with van der Waals surface area (Å²) in [6, 6.07) is 0. The number of likely N-dealkylation sites (tertiary alicyclic amines) is 1. The first-order valence-electron chi connectivity index (χ1n) is 12.6. The minimum atomic E-state index is -4.80. The molecule has 4 heterocycles. The quantitative estimate of drug-likeness (QED) is 0.322. The molecule has 4 fully saturated rings. The van der Waals surface area contributed by atoms with E-state index in [0.29, 0.717) is 65.0 Å². The molecule has 2 atom stereocenters. The first kappa shape index (κ1) is 27.6. The summed E-state index contributed by atoms with van der Waals surface area (Å²) in [4.78, 5) is 25.8. The number of hydrazine groups is 2. The Hall–Kier alpha value is -1.40. The van der Waals surface area contributed by atoms with Crippen molar-refractivity contribution in [2.24, 2.45) is 5.14 Å². The standard InChI is InChI=1S/C20H38N8O6S2/c1-17(29)23-36(33,34)20(24-10-4-2-5-11-24)19(30)27(25-14-8-22-9-15-25)16-18(35(21,31)32)28(20)26-12-6-3-7-13-26/h18,22H,2-16H2,1H3,(H,23,29)(H2,21,31,32). The number of piperazine rings is 2. The third-order valence-electron chi connectivity index (χ3n) is 7.31. The van der Waals surface area contributed by atoms with Crippen LogP contribution in [-0.2, 0) is 29.6 Å². The Morgan fingerprint density at radius 3 is 2.00 bits per heavy atom. The van der Waals surface area contributed by atoms with Crippen LogP contribution in [0.15, 0.2) is 0 Å². The number of primary sulfonamides is 1. The zero-order chi connectivity index (χ0) is 26.1. The molecule has 4 aliphatic rings. The molecule has 206 valence electrons. The number of nitrogens with two attached hydrogens (primary N) is 1. The molecule has 36 heavy (non-hydrogen) atoms. The SMILES string of the molecule is CC(=O)NS(=O)(=O)C1(N2CCCCC2)C(=O)N(N2CCNCC2)CC(S(N)(=O)=O)N1N1CCCCC1. The van der Waals surface area contributed by atoms with Gasteiger partial charge >= 0.3 is 0 Å². The van der Waals surface area contributed by atoms with Crippen LogP contribution < -0.4 is 15.2 Å². The summed E-state index contributed by atoms with van der Waals surface area (Å²) in [6.07, 6.45) is 4.43. The summed E-state index contributed by atoms with van der Waals surface area (Å²) < 4.78 is 56.8. The van der Waals surface area contributed by atoms with Crippen LogP contribution in [0, 0.1) is 0 Å². The number of carbonyl (C=O) groups excluding carboxylic acids is 2. The fourth-order valence-corrected chi connectivity index (χ4v) is 8.61. The van der Waals surface area contributed by atoms with E-state index in [1.54, 1.807) is 10.0 Å². The summed E-state index contributed by atoms with van der Waals surface area (Å²) >= 11 is 0. The van der Waals surface area contributed by atoms with Gasteiger partial charge in [-0.1, -0.05) is 12.8 Å². The van der Waals surface area contributed by atoms with Gasteiger partial charge in [0.25, 0.3) is 20.9 Å². The van der Waals surface area contributed by atoms with Gasteiger partial charge in [-0.2, -0.15) is 5.01 Å². The number of sulfonamides is 2. The van der Waals surface area contributed by atoms with Crippen LogP contribution in [0.2, 0.25) is 0 Å². The van der Waals surface area contributed by atoms with Crippen molar-refractivity contribution < 1.29 is 26.4 Å². The minimum Gasteiger partial charge on any atom is -0.314 e. The Morgan fingerprint density at radius 1 is 0.917 bits per heavy atom. The topological polar surface area (TPSA) is 169 Å². The average Bonchev–Trinajstić information content (AvgIpc) is 2.83. The summed E-state index contributed by atoms with van der Waals surface area (Å²) in [5.74, 6) is -1.64. The van der Waals surface area contributed by atoms with Crippen molar-refractivity contribution >= 4 is 31.9 Å². The van der Waals surface area contributed by atoms with Crippen LogP contribution in [0.25, 0.3) is 0 Å². The molecule has 4 aliphatic heterocycles. The summed E-state index contributed by atoms with van der Waals surface area (Å²) in [5, 5.41) is 13.2. The Labute approximate surface area is 213 Å². The Morgan fingerprint density at radius 2 is 1.47 bits per heavy atom. The van der Waals surface area contributed by atoms with Crippen molar-refractivity contribution in [1.82, 2.24) is 35.0 Å². The summed E-state index contributed by atoms with van der Waals surface area (Å²) in [6.45, 7) is 3.89. The molecule has 0 aromatic carbocycles. The van der Waals surface area contributed by atoms with Crippen LogP contribution in [0.1, 0.15) is 45.4 Å². The van der Waals surface area contributed by atoms with E-state index in [2.05, 4.69) is 5.32 Å². The van der Waals surface area contributed by atoms with E-state index in [4.69, 9.17) is 5.14 Å². The second-order valence-electron chi connectivity index (χ2n) is 9.81. The smallest absolute Gasteiger partial charge is 0.293 e. The second kappa shape index (κ2) is 10.8. The minimum absolute atomic E-state index is 0.252. The van der Waals surface area contributed by atoms with Gasteiger partial charge in [-0.15, -0.1) is 0 Å². The van der Waals surface area contributed by atoms with Crippen molar-refractivity contribution in [2.75, 3.05) is 58.9 Å². The first-order valence-corrected chi connectivity index (χ1v) is 15.7. The van der Waals surface area contributed by atoms with Crippen molar-refractivity contribution in [2.45, 2.75) is 55.8 Å². The molecule has 0 aromatic rings. The number of amides is 2. The molecule has 0 radical (unpaired) electrons. The van der Waals surface area contributed by atoms with Crippen molar-refractivity contribution in [1.29, 1.82) is 0 Å². The molecule has 0 aromatic heterocycles. The van der Waals surface area contributed by atoms with Gasteiger partial charge in [0.15, 0.2) is 5.37 Å². The molecular formula is C20H38N8O6S2. The van der Waals surface area contributed by atoms with E-state index in [0.717, 1.165) is 19.8 Å². The van der Waals surface area contributed by atoms with Crippen LogP contribution in [0.3, 0.4) is 0 Å². The third-order valence-corrected chi connectivity index (χ3v) is 10.3.